The Hall–Kier alpha value is -0.890. The minimum absolute atomic E-state index is 0.0253. The largest absolute Gasteiger partial charge is 0.275 e. The van der Waals surface area contributed by atoms with Gasteiger partial charge in [0.1, 0.15) is 5.82 Å². The summed E-state index contributed by atoms with van der Waals surface area (Å²) >= 11 is 5.31. The Kier molecular flexibility index (Phi) is 4.39. The van der Waals surface area contributed by atoms with E-state index in [4.69, 9.17) is 11.6 Å². The average molecular weight is 269 g/mol. The Morgan fingerprint density at radius 3 is 2.50 bits per heavy atom. The molecule has 0 heterocycles. The molecule has 0 bridgehead atoms. The third-order valence-corrected chi connectivity index (χ3v) is 4.30. The van der Waals surface area contributed by atoms with E-state index in [2.05, 4.69) is 6.92 Å². The van der Waals surface area contributed by atoms with Crippen LogP contribution in [0.1, 0.15) is 60.9 Å². The number of rotatable bonds is 3. The highest BCUT2D eigenvalue weighted by molar-refractivity contribution is 6.67. The fourth-order valence-electron chi connectivity index (χ4n) is 2.85. The third-order valence-electron chi connectivity index (χ3n) is 4.10. The van der Waals surface area contributed by atoms with Crippen molar-refractivity contribution in [3.63, 3.8) is 0 Å². The summed E-state index contributed by atoms with van der Waals surface area (Å²) in [5.41, 5.74) is 0.978. The Morgan fingerprint density at radius 1 is 1.33 bits per heavy atom. The van der Waals surface area contributed by atoms with Gasteiger partial charge in [-0.2, -0.15) is 0 Å². The van der Waals surface area contributed by atoms with Gasteiger partial charge in [0.05, 0.1) is 5.56 Å². The molecule has 0 atom stereocenters. The van der Waals surface area contributed by atoms with Gasteiger partial charge < -0.3 is 0 Å². The zero-order valence-electron chi connectivity index (χ0n) is 10.6. The normalized spacial score (nSPS) is 23.9. The second-order valence-corrected chi connectivity index (χ2v) is 5.48. The maximum atomic E-state index is 13.7. The predicted molar refractivity (Wildman–Crippen MR) is 71.6 cm³/mol. The molecule has 1 nitrogen and oxygen atoms in total. The molecule has 0 saturated heterocycles. The van der Waals surface area contributed by atoms with Crippen molar-refractivity contribution in [2.45, 2.75) is 44.9 Å². The molecule has 0 N–H and O–H groups in total. The molecular formula is C15H18ClFO. The van der Waals surface area contributed by atoms with E-state index >= 15 is 0 Å². The molecule has 2 rings (SSSR count). The molecule has 0 unspecified atom stereocenters. The van der Waals surface area contributed by atoms with Crippen LogP contribution in [0.3, 0.4) is 0 Å². The smallest absolute Gasteiger partial charge is 0.255 e. The number of hydrogen-bond donors (Lipinski definition) is 0. The van der Waals surface area contributed by atoms with Crippen LogP contribution in [0.4, 0.5) is 4.39 Å². The number of benzene rings is 1. The number of hydrogen-bond acceptors (Lipinski definition) is 1. The molecular weight excluding hydrogens is 251 g/mol. The minimum atomic E-state index is -0.728. The van der Waals surface area contributed by atoms with E-state index in [1.807, 2.05) is 6.07 Å². The summed E-state index contributed by atoms with van der Waals surface area (Å²) in [6.07, 6.45) is 5.91. The highest BCUT2D eigenvalue weighted by Crippen LogP contribution is 2.37. The number of halogens is 2. The van der Waals surface area contributed by atoms with Gasteiger partial charge in [-0.3, -0.25) is 4.79 Å². The first-order valence-corrected chi connectivity index (χ1v) is 6.99. The Balaban J connectivity index is 2.11. The number of carbonyl (C=O) groups is 1. The van der Waals surface area contributed by atoms with Crippen LogP contribution < -0.4 is 0 Å². The molecule has 0 aromatic heterocycles. The summed E-state index contributed by atoms with van der Waals surface area (Å²) in [6, 6.07) is 4.83. The van der Waals surface area contributed by atoms with Gasteiger partial charge in [-0.05, 0) is 66.8 Å². The van der Waals surface area contributed by atoms with Gasteiger partial charge in [-0.25, -0.2) is 4.39 Å². The molecule has 18 heavy (non-hydrogen) atoms. The molecule has 1 aromatic carbocycles. The SMILES string of the molecule is CC[C@H]1CC[C@H](c2ccc(C(=O)Cl)c(F)c2)CC1. The van der Waals surface area contributed by atoms with E-state index in [1.165, 1.54) is 31.4 Å². The van der Waals surface area contributed by atoms with Crippen molar-refractivity contribution < 1.29 is 9.18 Å². The Morgan fingerprint density at radius 2 is 2.00 bits per heavy atom. The maximum absolute atomic E-state index is 13.7. The highest BCUT2D eigenvalue weighted by atomic mass is 35.5. The molecule has 98 valence electrons. The van der Waals surface area contributed by atoms with E-state index in [9.17, 15) is 9.18 Å². The van der Waals surface area contributed by atoms with Gasteiger partial charge >= 0.3 is 0 Å². The molecule has 0 radical (unpaired) electrons. The van der Waals surface area contributed by atoms with Crippen LogP contribution in [0.2, 0.25) is 0 Å². The van der Waals surface area contributed by atoms with Crippen molar-refractivity contribution in [2.75, 3.05) is 0 Å². The van der Waals surface area contributed by atoms with Crippen LogP contribution in [-0.4, -0.2) is 5.24 Å². The van der Waals surface area contributed by atoms with E-state index in [-0.39, 0.29) is 5.56 Å². The third kappa shape index (κ3) is 2.92. The minimum Gasteiger partial charge on any atom is -0.275 e. The molecule has 0 spiro atoms. The summed E-state index contributed by atoms with van der Waals surface area (Å²) in [5, 5.41) is -0.728. The lowest BCUT2D eigenvalue weighted by molar-refractivity contribution is 0.107. The van der Waals surface area contributed by atoms with Gasteiger partial charge in [0.25, 0.3) is 5.24 Å². The summed E-state index contributed by atoms with van der Waals surface area (Å²) in [5.74, 6) is 0.765. The highest BCUT2D eigenvalue weighted by Gasteiger charge is 2.22. The Bertz CT molecular complexity index is 436. The Labute approximate surface area is 112 Å². The van der Waals surface area contributed by atoms with Crippen LogP contribution in [0.25, 0.3) is 0 Å². The molecule has 0 amide bonds. The van der Waals surface area contributed by atoms with Gasteiger partial charge in [0, 0.05) is 0 Å². The van der Waals surface area contributed by atoms with Crippen LogP contribution in [0.5, 0.6) is 0 Å². The summed E-state index contributed by atoms with van der Waals surface area (Å²) in [4.78, 5) is 11.0. The van der Waals surface area contributed by atoms with Gasteiger partial charge in [0.2, 0.25) is 0 Å². The average Bonchev–Trinajstić information content (AvgIpc) is 2.38. The lowest BCUT2D eigenvalue weighted by Crippen LogP contribution is -2.13. The monoisotopic (exact) mass is 268 g/mol. The molecule has 1 aliphatic carbocycles. The fraction of sp³-hybridized carbons (Fsp3) is 0.533. The zero-order valence-corrected chi connectivity index (χ0v) is 11.3. The standard InChI is InChI=1S/C15H18ClFO/c1-2-10-3-5-11(6-4-10)12-7-8-13(15(16)18)14(17)9-12/h7-11H,2-6H2,1H3/t10-,11-. The summed E-state index contributed by atoms with van der Waals surface area (Å²) < 4.78 is 13.7. The second-order valence-electron chi connectivity index (χ2n) is 5.14. The quantitative estimate of drug-likeness (QED) is 0.714. The first-order valence-electron chi connectivity index (χ1n) is 6.61. The molecule has 1 aromatic rings. The summed E-state index contributed by atoms with van der Waals surface area (Å²) in [7, 11) is 0. The van der Waals surface area contributed by atoms with E-state index in [1.54, 1.807) is 0 Å². The molecule has 3 heteroatoms. The predicted octanol–water partition coefficient (Wildman–Crippen LogP) is 4.89. The molecule has 1 aliphatic rings. The van der Waals surface area contributed by atoms with Crippen molar-refractivity contribution >= 4 is 16.8 Å². The lowest BCUT2D eigenvalue weighted by Gasteiger charge is -2.28. The van der Waals surface area contributed by atoms with Crippen molar-refractivity contribution in [3.05, 3.63) is 35.1 Å². The van der Waals surface area contributed by atoms with Crippen LogP contribution in [-0.2, 0) is 0 Å². The summed E-state index contributed by atoms with van der Waals surface area (Å²) in [6.45, 7) is 2.23. The van der Waals surface area contributed by atoms with Gasteiger partial charge in [-0.15, -0.1) is 0 Å². The van der Waals surface area contributed by atoms with Crippen molar-refractivity contribution in [3.8, 4) is 0 Å². The fourth-order valence-corrected chi connectivity index (χ4v) is 3.00. The van der Waals surface area contributed by atoms with Crippen molar-refractivity contribution in [2.24, 2.45) is 5.92 Å². The first-order chi connectivity index (χ1) is 8.61. The maximum Gasteiger partial charge on any atom is 0.255 e. The van der Waals surface area contributed by atoms with Crippen molar-refractivity contribution in [1.82, 2.24) is 0 Å². The van der Waals surface area contributed by atoms with Gasteiger partial charge in [-0.1, -0.05) is 19.4 Å². The van der Waals surface area contributed by atoms with Crippen LogP contribution in [0, 0.1) is 11.7 Å². The zero-order chi connectivity index (χ0) is 13.1. The molecule has 1 saturated carbocycles. The van der Waals surface area contributed by atoms with E-state index < -0.39 is 11.1 Å². The van der Waals surface area contributed by atoms with Crippen molar-refractivity contribution in [1.29, 1.82) is 0 Å². The first kappa shape index (κ1) is 13.5. The van der Waals surface area contributed by atoms with Crippen LogP contribution in [0.15, 0.2) is 18.2 Å². The topological polar surface area (TPSA) is 17.1 Å². The van der Waals surface area contributed by atoms with Crippen LogP contribution >= 0.6 is 11.6 Å². The number of carbonyl (C=O) groups excluding carboxylic acids is 1. The molecule has 0 aliphatic heterocycles. The lowest BCUT2D eigenvalue weighted by atomic mass is 9.78. The van der Waals surface area contributed by atoms with E-state index in [0.717, 1.165) is 24.3 Å². The van der Waals surface area contributed by atoms with E-state index in [0.29, 0.717) is 5.92 Å². The molecule has 1 fully saturated rings. The second kappa shape index (κ2) is 5.83. The van der Waals surface area contributed by atoms with Gasteiger partial charge in [0.15, 0.2) is 0 Å².